The van der Waals surface area contributed by atoms with E-state index in [1.54, 1.807) is 12.3 Å². The molecule has 110 valence electrons. The van der Waals surface area contributed by atoms with Crippen LogP contribution in [0.15, 0.2) is 40.1 Å². The van der Waals surface area contributed by atoms with Crippen molar-refractivity contribution in [1.29, 1.82) is 0 Å². The minimum Gasteiger partial charge on any atom is -0.489 e. The van der Waals surface area contributed by atoms with Crippen LogP contribution in [-0.4, -0.2) is 16.0 Å². The fourth-order valence-electron chi connectivity index (χ4n) is 1.98. The number of aromatic nitrogens is 1. The summed E-state index contributed by atoms with van der Waals surface area (Å²) < 4.78 is 6.87. The number of benzene rings is 1. The molecule has 6 heteroatoms. The van der Waals surface area contributed by atoms with Crippen LogP contribution in [0, 0.1) is 13.8 Å². The molecule has 0 radical (unpaired) electrons. The Hall–Kier alpha value is -2.08. The third-order valence-corrected chi connectivity index (χ3v) is 4.30. The summed E-state index contributed by atoms with van der Waals surface area (Å²) in [5.41, 5.74) is 8.99. The molecular weight excluding hydrogens is 334 g/mol. The van der Waals surface area contributed by atoms with Crippen LogP contribution in [0.1, 0.15) is 22.4 Å². The van der Waals surface area contributed by atoms with Crippen molar-refractivity contribution in [3.05, 3.63) is 57.3 Å². The van der Waals surface area contributed by atoms with E-state index >= 15 is 0 Å². The molecule has 0 saturated heterocycles. The van der Waals surface area contributed by atoms with E-state index in [4.69, 9.17) is 15.7 Å². The highest BCUT2D eigenvalue weighted by Crippen LogP contribution is 2.26. The van der Waals surface area contributed by atoms with E-state index in [0.717, 1.165) is 26.9 Å². The van der Waals surface area contributed by atoms with Gasteiger partial charge >= 0.3 is 0 Å². The molecule has 0 aliphatic heterocycles. The van der Waals surface area contributed by atoms with Crippen LogP contribution in [0.2, 0.25) is 0 Å². The number of hydrogen-bond donors (Lipinski definition) is 2. The molecule has 2 aromatic rings. The van der Waals surface area contributed by atoms with Crippen LogP contribution in [0.25, 0.3) is 0 Å². The molecule has 0 atom stereocenters. The van der Waals surface area contributed by atoms with E-state index in [0.29, 0.717) is 12.3 Å². The number of oxime groups is 1. The summed E-state index contributed by atoms with van der Waals surface area (Å²) in [7, 11) is 0. The van der Waals surface area contributed by atoms with E-state index in [9.17, 15) is 0 Å². The molecule has 0 saturated carbocycles. The number of aryl methyl sites for hydroxylation is 2. The van der Waals surface area contributed by atoms with Crippen LogP contribution in [0.4, 0.5) is 0 Å². The van der Waals surface area contributed by atoms with E-state index in [1.165, 1.54) is 0 Å². The highest BCUT2D eigenvalue weighted by molar-refractivity contribution is 9.10. The summed E-state index contributed by atoms with van der Waals surface area (Å²) in [5, 5.41) is 11.8. The molecule has 5 nitrogen and oxygen atoms in total. The van der Waals surface area contributed by atoms with Crippen molar-refractivity contribution in [2.45, 2.75) is 20.5 Å². The van der Waals surface area contributed by atoms with E-state index in [1.807, 2.05) is 32.0 Å². The Morgan fingerprint density at radius 3 is 2.67 bits per heavy atom. The fourth-order valence-corrected chi connectivity index (χ4v) is 2.21. The lowest BCUT2D eigenvalue weighted by Gasteiger charge is -2.12. The predicted molar refractivity (Wildman–Crippen MR) is 84.7 cm³/mol. The Morgan fingerprint density at radius 1 is 1.38 bits per heavy atom. The molecule has 0 bridgehead atoms. The smallest absolute Gasteiger partial charge is 0.189 e. The van der Waals surface area contributed by atoms with Gasteiger partial charge in [0.2, 0.25) is 0 Å². The van der Waals surface area contributed by atoms with E-state index in [-0.39, 0.29) is 5.84 Å². The average molecular weight is 350 g/mol. The van der Waals surface area contributed by atoms with Crippen LogP contribution >= 0.6 is 15.9 Å². The van der Waals surface area contributed by atoms with Crippen molar-refractivity contribution in [3.63, 3.8) is 0 Å². The summed E-state index contributed by atoms with van der Waals surface area (Å²) in [6, 6.07) is 7.52. The zero-order valence-electron chi connectivity index (χ0n) is 11.8. The predicted octanol–water partition coefficient (Wildman–Crippen LogP) is 3.13. The Morgan fingerprint density at radius 2 is 2.05 bits per heavy atom. The lowest BCUT2D eigenvalue weighted by molar-refractivity contribution is 0.304. The number of rotatable bonds is 4. The van der Waals surface area contributed by atoms with Gasteiger partial charge in [0.15, 0.2) is 5.84 Å². The molecule has 2 rings (SSSR count). The highest BCUT2D eigenvalue weighted by Gasteiger charge is 2.09. The summed E-state index contributed by atoms with van der Waals surface area (Å²) in [6.45, 7) is 4.31. The Kier molecular flexibility index (Phi) is 4.80. The van der Waals surface area contributed by atoms with Gasteiger partial charge in [0.25, 0.3) is 0 Å². The number of amidine groups is 1. The lowest BCUT2D eigenvalue weighted by Crippen LogP contribution is -2.18. The molecule has 1 aromatic carbocycles. The number of hydrogen-bond acceptors (Lipinski definition) is 4. The minimum atomic E-state index is -0.0302. The normalized spacial score (nSPS) is 11.5. The first kappa shape index (κ1) is 15.3. The minimum absolute atomic E-state index is 0.0302. The molecule has 0 spiro atoms. The van der Waals surface area contributed by atoms with Crippen molar-refractivity contribution in [3.8, 4) is 5.75 Å². The SMILES string of the molecule is Cc1cc(OCc2cccnc2/C(N)=N/O)cc(C)c1Br. The molecule has 0 unspecified atom stereocenters. The van der Waals surface area contributed by atoms with Crippen molar-refractivity contribution in [1.82, 2.24) is 4.98 Å². The molecule has 21 heavy (non-hydrogen) atoms. The first-order valence-corrected chi connectivity index (χ1v) is 7.13. The van der Waals surface area contributed by atoms with Crippen molar-refractivity contribution < 1.29 is 9.94 Å². The maximum Gasteiger partial charge on any atom is 0.189 e. The van der Waals surface area contributed by atoms with E-state index in [2.05, 4.69) is 26.1 Å². The fraction of sp³-hybridized carbons (Fsp3) is 0.200. The lowest BCUT2D eigenvalue weighted by atomic mass is 10.1. The van der Waals surface area contributed by atoms with Gasteiger partial charge in [-0.25, -0.2) is 0 Å². The van der Waals surface area contributed by atoms with Gasteiger partial charge < -0.3 is 15.7 Å². The van der Waals surface area contributed by atoms with Crippen molar-refractivity contribution in [2.75, 3.05) is 0 Å². The first-order chi connectivity index (χ1) is 10.0. The maximum atomic E-state index is 8.78. The van der Waals surface area contributed by atoms with Gasteiger partial charge in [-0.05, 0) is 43.2 Å². The van der Waals surface area contributed by atoms with Gasteiger partial charge in [0.1, 0.15) is 18.1 Å². The molecule has 1 heterocycles. The van der Waals surface area contributed by atoms with Gasteiger partial charge in [-0.3, -0.25) is 4.98 Å². The Bertz CT molecular complexity index is 663. The molecule has 3 N–H and O–H groups in total. The van der Waals surface area contributed by atoms with Gasteiger partial charge in [-0.15, -0.1) is 0 Å². The quantitative estimate of drug-likeness (QED) is 0.384. The second kappa shape index (κ2) is 6.58. The molecule has 0 amide bonds. The highest BCUT2D eigenvalue weighted by atomic mass is 79.9. The monoisotopic (exact) mass is 349 g/mol. The summed E-state index contributed by atoms with van der Waals surface area (Å²) in [4.78, 5) is 4.11. The first-order valence-electron chi connectivity index (χ1n) is 6.34. The Balaban J connectivity index is 2.21. The van der Waals surface area contributed by atoms with Gasteiger partial charge in [-0.2, -0.15) is 0 Å². The number of pyridine rings is 1. The number of ether oxygens (including phenoxy) is 1. The van der Waals surface area contributed by atoms with Crippen LogP contribution < -0.4 is 10.5 Å². The zero-order chi connectivity index (χ0) is 15.4. The number of nitrogens with two attached hydrogens (primary N) is 1. The zero-order valence-corrected chi connectivity index (χ0v) is 13.4. The molecule has 0 fully saturated rings. The molecular formula is C15H16BrN3O2. The van der Waals surface area contributed by atoms with Crippen LogP contribution in [0.5, 0.6) is 5.75 Å². The Labute approximate surface area is 131 Å². The third-order valence-electron chi connectivity index (χ3n) is 3.05. The molecule has 0 aliphatic carbocycles. The summed E-state index contributed by atoms with van der Waals surface area (Å²) in [6.07, 6.45) is 1.59. The van der Waals surface area contributed by atoms with Gasteiger partial charge in [0, 0.05) is 16.2 Å². The average Bonchev–Trinajstić information content (AvgIpc) is 2.50. The molecule has 1 aromatic heterocycles. The molecule has 0 aliphatic rings. The topological polar surface area (TPSA) is 80.7 Å². The van der Waals surface area contributed by atoms with Crippen molar-refractivity contribution >= 4 is 21.8 Å². The third kappa shape index (κ3) is 3.52. The van der Waals surface area contributed by atoms with Gasteiger partial charge in [0.05, 0.1) is 0 Å². The van der Waals surface area contributed by atoms with Crippen LogP contribution in [0.3, 0.4) is 0 Å². The summed E-state index contributed by atoms with van der Waals surface area (Å²) >= 11 is 3.52. The second-order valence-corrected chi connectivity index (χ2v) is 5.45. The summed E-state index contributed by atoms with van der Waals surface area (Å²) in [5.74, 6) is 0.736. The largest absolute Gasteiger partial charge is 0.489 e. The maximum absolute atomic E-state index is 8.78. The van der Waals surface area contributed by atoms with E-state index < -0.39 is 0 Å². The second-order valence-electron chi connectivity index (χ2n) is 4.66. The standard InChI is InChI=1S/C15H16BrN3O2/c1-9-6-12(7-10(2)13(9)16)21-8-11-4-3-5-18-14(11)15(17)19-20/h3-7,20H,8H2,1-2H3,(H2,17,19). The number of nitrogens with zero attached hydrogens (tertiary/aromatic N) is 2. The number of halogens is 1. The van der Waals surface area contributed by atoms with Crippen LogP contribution in [-0.2, 0) is 6.61 Å². The van der Waals surface area contributed by atoms with Gasteiger partial charge in [-0.1, -0.05) is 27.2 Å². The van der Waals surface area contributed by atoms with Crippen molar-refractivity contribution in [2.24, 2.45) is 10.9 Å².